The van der Waals surface area contributed by atoms with Crippen LogP contribution in [0.4, 0.5) is 0 Å². The van der Waals surface area contributed by atoms with E-state index in [0.717, 1.165) is 11.8 Å². The molecule has 0 aliphatic heterocycles. The molecular formula is C9H6N4O4S. The maximum atomic E-state index is 11.4. The molecule has 0 saturated heterocycles. The maximum absolute atomic E-state index is 11.4. The lowest BCUT2D eigenvalue weighted by Crippen LogP contribution is -2.25. The van der Waals surface area contributed by atoms with Gasteiger partial charge in [-0.2, -0.15) is 5.10 Å². The summed E-state index contributed by atoms with van der Waals surface area (Å²) in [5.41, 5.74) is -1.48. The number of hydrogen-bond acceptors (Lipinski definition) is 6. The lowest BCUT2D eigenvalue weighted by Gasteiger charge is -2.01. The first-order valence-corrected chi connectivity index (χ1v) is 5.45. The number of nitrogens with one attached hydrogen (secondary N) is 2. The summed E-state index contributed by atoms with van der Waals surface area (Å²) >= 11 is 0.761. The summed E-state index contributed by atoms with van der Waals surface area (Å²) in [6.07, 6.45) is 1.40. The first-order valence-electron chi connectivity index (χ1n) is 4.63. The van der Waals surface area contributed by atoms with Crippen LogP contribution in [0.3, 0.4) is 0 Å². The van der Waals surface area contributed by atoms with Gasteiger partial charge < -0.3 is 5.11 Å². The van der Waals surface area contributed by atoms with E-state index in [9.17, 15) is 14.4 Å². The van der Waals surface area contributed by atoms with Gasteiger partial charge in [0.25, 0.3) is 5.56 Å². The highest BCUT2D eigenvalue weighted by Crippen LogP contribution is 2.23. The van der Waals surface area contributed by atoms with Crippen LogP contribution in [0, 0.1) is 0 Å². The van der Waals surface area contributed by atoms with Crippen molar-refractivity contribution in [1.82, 2.24) is 20.2 Å². The van der Waals surface area contributed by atoms with Crippen LogP contribution in [-0.2, 0) is 0 Å². The second-order valence-electron chi connectivity index (χ2n) is 3.08. The molecule has 0 aliphatic carbocycles. The molecule has 2 aromatic rings. The van der Waals surface area contributed by atoms with Crippen LogP contribution in [0.25, 0.3) is 0 Å². The predicted molar refractivity (Wildman–Crippen MR) is 60.8 cm³/mol. The lowest BCUT2D eigenvalue weighted by molar-refractivity contribution is 0.0692. The first-order chi connectivity index (χ1) is 8.58. The highest BCUT2D eigenvalue weighted by molar-refractivity contribution is 7.99. The van der Waals surface area contributed by atoms with E-state index in [-0.39, 0.29) is 15.6 Å². The molecule has 0 radical (unpaired) electrons. The van der Waals surface area contributed by atoms with Gasteiger partial charge in [0.2, 0.25) is 0 Å². The van der Waals surface area contributed by atoms with E-state index in [0.29, 0.717) is 0 Å². The van der Waals surface area contributed by atoms with Gasteiger partial charge in [-0.15, -0.1) is 0 Å². The molecule has 8 nitrogen and oxygen atoms in total. The van der Waals surface area contributed by atoms with Gasteiger partial charge in [0.1, 0.15) is 5.03 Å². The molecule has 0 fully saturated rings. The van der Waals surface area contributed by atoms with Gasteiger partial charge in [-0.1, -0.05) is 0 Å². The summed E-state index contributed by atoms with van der Waals surface area (Å²) in [7, 11) is 0. The van der Waals surface area contributed by atoms with Crippen LogP contribution in [0.2, 0.25) is 0 Å². The molecule has 0 saturated carbocycles. The SMILES string of the molecule is O=C(O)c1cccnc1Sc1n[nH]c(=O)[nH]c1=O. The van der Waals surface area contributed by atoms with Gasteiger partial charge in [0.15, 0.2) is 5.03 Å². The van der Waals surface area contributed by atoms with Gasteiger partial charge >= 0.3 is 11.7 Å². The van der Waals surface area contributed by atoms with Crippen LogP contribution >= 0.6 is 11.8 Å². The molecule has 0 bridgehead atoms. The summed E-state index contributed by atoms with van der Waals surface area (Å²) < 4.78 is 0. The normalized spacial score (nSPS) is 10.2. The fraction of sp³-hybridized carbons (Fsp3) is 0. The summed E-state index contributed by atoms with van der Waals surface area (Å²) in [4.78, 5) is 38.9. The second kappa shape index (κ2) is 4.84. The van der Waals surface area contributed by atoms with Gasteiger partial charge in [-0.25, -0.2) is 19.7 Å². The molecule has 18 heavy (non-hydrogen) atoms. The number of pyridine rings is 1. The minimum atomic E-state index is -1.16. The summed E-state index contributed by atoms with van der Waals surface area (Å²) in [5, 5.41) is 14.5. The zero-order valence-electron chi connectivity index (χ0n) is 8.71. The van der Waals surface area contributed by atoms with Crippen molar-refractivity contribution in [3.05, 3.63) is 44.7 Å². The average molecular weight is 266 g/mol. The number of carboxylic acids is 1. The fourth-order valence-corrected chi connectivity index (χ4v) is 1.93. The number of rotatable bonds is 3. The van der Waals surface area contributed by atoms with E-state index >= 15 is 0 Å². The molecule has 92 valence electrons. The Labute approximate surface area is 103 Å². The Morgan fingerprint density at radius 3 is 2.78 bits per heavy atom. The highest BCUT2D eigenvalue weighted by Gasteiger charge is 2.14. The van der Waals surface area contributed by atoms with E-state index < -0.39 is 17.2 Å². The number of H-pyrrole nitrogens is 2. The van der Waals surface area contributed by atoms with Crippen molar-refractivity contribution in [2.75, 3.05) is 0 Å². The third kappa shape index (κ3) is 2.46. The molecule has 2 heterocycles. The van der Waals surface area contributed by atoms with Crippen molar-refractivity contribution in [3.63, 3.8) is 0 Å². The molecular weight excluding hydrogens is 260 g/mol. The molecule has 0 atom stereocenters. The Hall–Kier alpha value is -2.42. The first kappa shape index (κ1) is 12.0. The lowest BCUT2D eigenvalue weighted by atomic mass is 10.3. The van der Waals surface area contributed by atoms with Crippen LogP contribution in [0.15, 0.2) is 38.0 Å². The summed E-state index contributed by atoms with van der Waals surface area (Å²) in [5.74, 6) is -1.16. The maximum Gasteiger partial charge on any atom is 0.342 e. The topological polar surface area (TPSA) is 129 Å². The van der Waals surface area contributed by atoms with E-state index in [1.165, 1.54) is 18.3 Å². The molecule has 0 spiro atoms. The minimum absolute atomic E-state index is 0.0464. The van der Waals surface area contributed by atoms with E-state index in [1.54, 1.807) is 0 Å². The third-order valence-corrected chi connectivity index (χ3v) is 2.86. The van der Waals surface area contributed by atoms with E-state index in [1.807, 2.05) is 4.98 Å². The zero-order chi connectivity index (χ0) is 13.1. The molecule has 9 heteroatoms. The zero-order valence-corrected chi connectivity index (χ0v) is 9.52. The largest absolute Gasteiger partial charge is 0.478 e. The van der Waals surface area contributed by atoms with Crippen LogP contribution in [0.1, 0.15) is 10.4 Å². The minimum Gasteiger partial charge on any atom is -0.478 e. The van der Waals surface area contributed by atoms with Crippen LogP contribution in [-0.4, -0.2) is 31.2 Å². The fourth-order valence-electron chi connectivity index (χ4n) is 1.13. The Kier molecular flexibility index (Phi) is 3.24. The van der Waals surface area contributed by atoms with Gasteiger partial charge in [-0.05, 0) is 23.9 Å². The number of carbonyl (C=O) groups is 1. The van der Waals surface area contributed by atoms with Gasteiger partial charge in [0.05, 0.1) is 5.56 Å². The second-order valence-corrected chi connectivity index (χ2v) is 4.05. The van der Waals surface area contributed by atoms with Crippen LogP contribution < -0.4 is 11.2 Å². The van der Waals surface area contributed by atoms with Crippen molar-refractivity contribution in [3.8, 4) is 0 Å². The van der Waals surface area contributed by atoms with E-state index in [4.69, 9.17) is 5.11 Å². The predicted octanol–water partition coefficient (Wildman–Crippen LogP) is -0.297. The number of nitrogens with zero attached hydrogens (tertiary/aromatic N) is 2. The smallest absolute Gasteiger partial charge is 0.342 e. The number of aromatic nitrogens is 4. The van der Waals surface area contributed by atoms with Crippen molar-refractivity contribution >= 4 is 17.7 Å². The highest BCUT2D eigenvalue weighted by atomic mass is 32.2. The van der Waals surface area contributed by atoms with Crippen molar-refractivity contribution in [1.29, 1.82) is 0 Å². The van der Waals surface area contributed by atoms with Crippen molar-refractivity contribution in [2.24, 2.45) is 0 Å². The number of carboxylic acid groups (broad SMARTS) is 1. The molecule has 0 aliphatic rings. The molecule has 3 N–H and O–H groups in total. The van der Waals surface area contributed by atoms with Gasteiger partial charge in [0, 0.05) is 6.20 Å². The Bertz CT molecular complexity index is 708. The van der Waals surface area contributed by atoms with Crippen molar-refractivity contribution in [2.45, 2.75) is 10.1 Å². The Balaban J connectivity index is 2.43. The Morgan fingerprint density at radius 1 is 1.33 bits per heavy atom. The van der Waals surface area contributed by atoms with Gasteiger partial charge in [-0.3, -0.25) is 9.78 Å². The Morgan fingerprint density at radius 2 is 2.11 bits per heavy atom. The monoisotopic (exact) mass is 266 g/mol. The molecule has 0 amide bonds. The molecule has 0 unspecified atom stereocenters. The molecule has 0 aromatic carbocycles. The number of aromatic amines is 2. The van der Waals surface area contributed by atoms with Crippen molar-refractivity contribution < 1.29 is 9.90 Å². The van der Waals surface area contributed by atoms with Crippen LogP contribution in [0.5, 0.6) is 0 Å². The molecule has 2 rings (SSSR count). The summed E-state index contributed by atoms with van der Waals surface area (Å²) in [6, 6.07) is 2.83. The molecule has 2 aromatic heterocycles. The quantitative estimate of drug-likeness (QED) is 0.695. The standard InChI is InChI=1S/C9H6N4O4S/c14-5-7(12-13-9(17)11-5)18-6-4(8(15)16)2-1-3-10-6/h1-3H,(H,15,16)(H2,11,13,14,17). The number of hydrogen-bond donors (Lipinski definition) is 3. The number of aromatic carboxylic acids is 1. The van der Waals surface area contributed by atoms with E-state index in [2.05, 4.69) is 15.2 Å². The summed E-state index contributed by atoms with van der Waals surface area (Å²) in [6.45, 7) is 0. The third-order valence-electron chi connectivity index (χ3n) is 1.88. The average Bonchev–Trinajstić information content (AvgIpc) is 2.33.